The molecule has 0 amide bonds. The fourth-order valence-electron chi connectivity index (χ4n) is 3.36. The lowest BCUT2D eigenvalue weighted by molar-refractivity contribution is -0.0659. The zero-order valence-corrected chi connectivity index (χ0v) is 13.0. The Hall–Kier alpha value is -2.05. The quantitative estimate of drug-likeness (QED) is 0.837. The van der Waals surface area contributed by atoms with Crippen molar-refractivity contribution < 1.29 is 9.47 Å². The van der Waals surface area contributed by atoms with E-state index in [9.17, 15) is 0 Å². The summed E-state index contributed by atoms with van der Waals surface area (Å²) in [6.07, 6.45) is 6.39. The van der Waals surface area contributed by atoms with E-state index in [1.807, 2.05) is 24.3 Å². The van der Waals surface area contributed by atoms with Crippen LogP contribution < -0.4 is 4.90 Å². The Morgan fingerprint density at radius 2 is 1.96 bits per heavy atom. The minimum absolute atomic E-state index is 0.0939. The number of hydrogen-bond donors (Lipinski definition) is 0. The fraction of sp³-hybridized carbons (Fsp3) is 0.471. The van der Waals surface area contributed by atoms with Gasteiger partial charge in [-0.3, -0.25) is 4.98 Å². The van der Waals surface area contributed by atoms with Gasteiger partial charge in [0.25, 0.3) is 0 Å². The van der Waals surface area contributed by atoms with Crippen LogP contribution in [0.5, 0.6) is 0 Å². The van der Waals surface area contributed by atoms with Gasteiger partial charge in [-0.2, -0.15) is 0 Å². The van der Waals surface area contributed by atoms with Gasteiger partial charge in [-0.25, -0.2) is 9.97 Å². The van der Waals surface area contributed by atoms with Crippen molar-refractivity contribution in [3.8, 4) is 0 Å². The second-order valence-electron chi connectivity index (χ2n) is 6.14. The highest BCUT2D eigenvalue weighted by molar-refractivity contribution is 5.37. The predicted molar refractivity (Wildman–Crippen MR) is 84.9 cm³/mol. The lowest BCUT2D eigenvalue weighted by Gasteiger charge is -2.50. The van der Waals surface area contributed by atoms with Crippen molar-refractivity contribution in [1.29, 1.82) is 0 Å². The highest BCUT2D eigenvalue weighted by atomic mass is 16.5. The highest BCUT2D eigenvalue weighted by Crippen LogP contribution is 2.41. The van der Waals surface area contributed by atoms with Gasteiger partial charge in [0.05, 0.1) is 32.0 Å². The second-order valence-corrected chi connectivity index (χ2v) is 6.14. The third kappa shape index (κ3) is 2.92. The molecule has 0 bridgehead atoms. The molecule has 0 unspecified atom stereocenters. The fourth-order valence-corrected chi connectivity index (χ4v) is 3.36. The maximum absolute atomic E-state index is 6.05. The third-order valence-corrected chi connectivity index (χ3v) is 4.65. The van der Waals surface area contributed by atoms with Crippen molar-refractivity contribution >= 4 is 5.95 Å². The van der Waals surface area contributed by atoms with Gasteiger partial charge in [0.1, 0.15) is 5.60 Å². The Labute approximate surface area is 135 Å². The summed E-state index contributed by atoms with van der Waals surface area (Å²) >= 11 is 0. The van der Waals surface area contributed by atoms with Crippen LogP contribution in [0.1, 0.15) is 12.1 Å². The number of anilines is 1. The van der Waals surface area contributed by atoms with E-state index in [0.29, 0.717) is 19.1 Å². The Morgan fingerprint density at radius 3 is 2.74 bits per heavy atom. The van der Waals surface area contributed by atoms with E-state index in [2.05, 4.69) is 19.9 Å². The van der Waals surface area contributed by atoms with Crippen LogP contribution in [0.2, 0.25) is 0 Å². The molecular weight excluding hydrogens is 292 g/mol. The first-order chi connectivity index (χ1) is 11.4. The standard InChI is InChI=1S/C17H20N4O2/c1-2-6-18-15(4-1)11-22-10-14-5-9-23-17(14)12-21(13-17)16-19-7-3-8-20-16/h1-4,6-8,14H,5,9-13H2/t14-/m1/s1. The number of nitrogens with zero attached hydrogens (tertiary/aromatic N) is 4. The number of hydrogen-bond acceptors (Lipinski definition) is 6. The lowest BCUT2D eigenvalue weighted by atomic mass is 9.81. The maximum Gasteiger partial charge on any atom is 0.225 e. The molecule has 2 aromatic rings. The third-order valence-electron chi connectivity index (χ3n) is 4.65. The molecule has 0 aliphatic carbocycles. The van der Waals surface area contributed by atoms with Crippen LogP contribution in [0.25, 0.3) is 0 Å². The molecule has 120 valence electrons. The first kappa shape index (κ1) is 14.5. The van der Waals surface area contributed by atoms with Crippen LogP contribution in [0.4, 0.5) is 5.95 Å². The molecule has 2 fully saturated rings. The minimum atomic E-state index is -0.0939. The molecule has 23 heavy (non-hydrogen) atoms. The van der Waals surface area contributed by atoms with Crippen LogP contribution in [0, 0.1) is 5.92 Å². The first-order valence-corrected chi connectivity index (χ1v) is 7.99. The van der Waals surface area contributed by atoms with E-state index in [0.717, 1.165) is 37.8 Å². The van der Waals surface area contributed by atoms with Gasteiger partial charge in [-0.15, -0.1) is 0 Å². The maximum atomic E-state index is 6.05. The Kier molecular flexibility index (Phi) is 3.93. The summed E-state index contributed by atoms with van der Waals surface area (Å²) in [6, 6.07) is 7.71. The summed E-state index contributed by atoms with van der Waals surface area (Å²) in [5.41, 5.74) is 0.872. The largest absolute Gasteiger partial charge is 0.375 e. The van der Waals surface area contributed by atoms with Gasteiger partial charge < -0.3 is 14.4 Å². The lowest BCUT2D eigenvalue weighted by Crippen LogP contribution is -2.66. The zero-order valence-electron chi connectivity index (χ0n) is 13.0. The van der Waals surface area contributed by atoms with E-state index in [4.69, 9.17) is 9.47 Å². The average molecular weight is 312 g/mol. The first-order valence-electron chi connectivity index (χ1n) is 7.99. The Bertz CT molecular complexity index is 632. The number of aromatic nitrogens is 3. The van der Waals surface area contributed by atoms with E-state index in [1.165, 1.54) is 0 Å². The summed E-state index contributed by atoms with van der Waals surface area (Å²) in [7, 11) is 0. The average Bonchev–Trinajstić information content (AvgIpc) is 2.99. The molecule has 0 N–H and O–H groups in total. The molecular formula is C17H20N4O2. The monoisotopic (exact) mass is 312 g/mol. The molecule has 0 radical (unpaired) electrons. The van der Waals surface area contributed by atoms with E-state index >= 15 is 0 Å². The Balaban J connectivity index is 1.31. The number of ether oxygens (including phenoxy) is 2. The van der Waals surface area contributed by atoms with Crippen LogP contribution >= 0.6 is 0 Å². The minimum Gasteiger partial charge on any atom is -0.375 e. The summed E-state index contributed by atoms with van der Waals surface area (Å²) in [5.74, 6) is 1.20. The normalized spacial score (nSPS) is 22.3. The topological polar surface area (TPSA) is 60.4 Å². The van der Waals surface area contributed by atoms with E-state index in [1.54, 1.807) is 18.6 Å². The number of pyridine rings is 1. The smallest absolute Gasteiger partial charge is 0.225 e. The van der Waals surface area contributed by atoms with Crippen molar-refractivity contribution in [2.45, 2.75) is 18.6 Å². The molecule has 4 rings (SSSR count). The van der Waals surface area contributed by atoms with Crippen molar-refractivity contribution in [1.82, 2.24) is 15.0 Å². The second kappa shape index (κ2) is 6.22. The van der Waals surface area contributed by atoms with Gasteiger partial charge in [-0.1, -0.05) is 6.07 Å². The molecule has 2 aliphatic rings. The molecule has 1 spiro atoms. The highest BCUT2D eigenvalue weighted by Gasteiger charge is 2.53. The summed E-state index contributed by atoms with van der Waals surface area (Å²) < 4.78 is 11.9. The Morgan fingerprint density at radius 1 is 1.13 bits per heavy atom. The summed E-state index contributed by atoms with van der Waals surface area (Å²) in [6.45, 7) is 3.75. The molecule has 2 saturated heterocycles. The van der Waals surface area contributed by atoms with Crippen LogP contribution in [-0.4, -0.2) is 46.9 Å². The van der Waals surface area contributed by atoms with E-state index < -0.39 is 0 Å². The molecule has 0 aromatic carbocycles. The van der Waals surface area contributed by atoms with Crippen LogP contribution in [0.15, 0.2) is 42.9 Å². The van der Waals surface area contributed by atoms with Gasteiger partial charge in [-0.05, 0) is 24.6 Å². The van der Waals surface area contributed by atoms with Crippen molar-refractivity contribution in [2.75, 3.05) is 31.2 Å². The van der Waals surface area contributed by atoms with Gasteiger partial charge in [0.15, 0.2) is 0 Å². The molecule has 6 nitrogen and oxygen atoms in total. The van der Waals surface area contributed by atoms with Crippen molar-refractivity contribution in [2.24, 2.45) is 5.92 Å². The van der Waals surface area contributed by atoms with Gasteiger partial charge >= 0.3 is 0 Å². The van der Waals surface area contributed by atoms with Gasteiger partial charge in [0, 0.05) is 31.1 Å². The summed E-state index contributed by atoms with van der Waals surface area (Å²) in [5, 5.41) is 0. The van der Waals surface area contributed by atoms with Crippen molar-refractivity contribution in [3.63, 3.8) is 0 Å². The summed E-state index contributed by atoms with van der Waals surface area (Å²) in [4.78, 5) is 15.1. The molecule has 0 saturated carbocycles. The van der Waals surface area contributed by atoms with Crippen LogP contribution in [0.3, 0.4) is 0 Å². The molecule has 2 aromatic heterocycles. The molecule has 1 atom stereocenters. The van der Waals surface area contributed by atoms with E-state index in [-0.39, 0.29) is 5.60 Å². The van der Waals surface area contributed by atoms with Crippen molar-refractivity contribution in [3.05, 3.63) is 48.5 Å². The van der Waals surface area contributed by atoms with Gasteiger partial charge in [0.2, 0.25) is 5.95 Å². The molecule has 6 heteroatoms. The molecule has 4 heterocycles. The predicted octanol–water partition coefficient (Wildman–Crippen LogP) is 1.68. The number of rotatable bonds is 5. The zero-order chi connectivity index (χ0) is 15.5. The van der Waals surface area contributed by atoms with Crippen LogP contribution in [-0.2, 0) is 16.1 Å². The molecule has 2 aliphatic heterocycles. The SMILES string of the molecule is c1ccc(COC[C@H]2CCOC23CN(c2ncccn2)C3)nc1.